The lowest BCUT2D eigenvalue weighted by Crippen LogP contribution is -2.36. The van der Waals surface area contributed by atoms with E-state index in [1.807, 2.05) is 6.08 Å². The number of methoxy groups -OCH3 is 1. The van der Waals surface area contributed by atoms with E-state index in [2.05, 4.69) is 4.72 Å². The lowest BCUT2D eigenvalue weighted by molar-refractivity contribution is -0.128. The van der Waals surface area contributed by atoms with E-state index >= 15 is 0 Å². The van der Waals surface area contributed by atoms with Crippen molar-refractivity contribution in [3.05, 3.63) is 57.7 Å². The smallest absolute Gasteiger partial charge is 0.340 e. The first kappa shape index (κ1) is 21.5. The van der Waals surface area contributed by atoms with Crippen molar-refractivity contribution in [1.29, 1.82) is 0 Å². The number of nitrogens with one attached hydrogen (secondary N) is 1. The number of hydrogen-bond donors (Lipinski definition) is 1. The van der Waals surface area contributed by atoms with Gasteiger partial charge >= 0.3 is 5.97 Å². The summed E-state index contributed by atoms with van der Waals surface area (Å²) in [5, 5.41) is 0. The van der Waals surface area contributed by atoms with Gasteiger partial charge in [0.1, 0.15) is 5.82 Å². The van der Waals surface area contributed by atoms with Crippen LogP contribution in [0.3, 0.4) is 0 Å². The first-order valence-electron chi connectivity index (χ1n) is 9.79. The molecule has 1 aromatic heterocycles. The Balaban J connectivity index is 1.69. The molecule has 0 bridgehead atoms. The number of halogens is 1. The highest BCUT2D eigenvalue weighted by molar-refractivity contribution is 7.94. The van der Waals surface area contributed by atoms with Crippen LogP contribution in [-0.2, 0) is 32.5 Å². The lowest BCUT2D eigenvalue weighted by Gasteiger charge is -2.27. The zero-order valence-electron chi connectivity index (χ0n) is 16.8. The van der Waals surface area contributed by atoms with Crippen molar-refractivity contribution in [3.8, 4) is 0 Å². The number of anilines is 1. The summed E-state index contributed by atoms with van der Waals surface area (Å²) >= 11 is 0.941. The van der Waals surface area contributed by atoms with E-state index in [1.165, 1.54) is 25.3 Å². The Morgan fingerprint density at radius 2 is 2.06 bits per heavy atom. The Morgan fingerprint density at radius 3 is 2.74 bits per heavy atom. The highest BCUT2D eigenvalue weighted by Crippen LogP contribution is 2.38. The van der Waals surface area contributed by atoms with Crippen LogP contribution in [0.15, 0.2) is 40.1 Å². The number of ether oxygens (including phenoxy) is 1. The number of fused-ring (bicyclic) bond motifs is 1. The molecule has 0 saturated carbocycles. The highest BCUT2D eigenvalue weighted by Gasteiger charge is 2.35. The number of hydrogen-bond acceptors (Lipinski definition) is 6. The molecule has 10 heteroatoms. The van der Waals surface area contributed by atoms with Crippen molar-refractivity contribution in [2.24, 2.45) is 0 Å². The fraction of sp³-hybridized carbons (Fsp3) is 0.333. The summed E-state index contributed by atoms with van der Waals surface area (Å²) in [6.07, 6.45) is 4.90. The average molecular weight is 465 g/mol. The number of nitrogens with zero attached hydrogens (tertiary/aromatic N) is 1. The molecule has 0 fully saturated rings. The minimum Gasteiger partial charge on any atom is -0.465 e. The van der Waals surface area contributed by atoms with Gasteiger partial charge in [-0.15, -0.1) is 11.3 Å². The van der Waals surface area contributed by atoms with Gasteiger partial charge in [-0.3, -0.25) is 9.52 Å². The van der Waals surface area contributed by atoms with Crippen LogP contribution in [0.2, 0.25) is 0 Å². The fourth-order valence-corrected chi connectivity index (χ4v) is 6.82. The molecule has 31 heavy (non-hydrogen) atoms. The Labute approximate surface area is 183 Å². The predicted octanol–water partition coefficient (Wildman–Crippen LogP) is 3.47. The van der Waals surface area contributed by atoms with Crippen LogP contribution >= 0.6 is 11.3 Å². The molecule has 1 amide bonds. The van der Waals surface area contributed by atoms with E-state index in [0.717, 1.165) is 42.2 Å². The van der Waals surface area contributed by atoms with Crippen molar-refractivity contribution >= 4 is 38.9 Å². The molecule has 1 aliphatic carbocycles. The number of carbonyl (C=O) groups is 2. The van der Waals surface area contributed by atoms with Gasteiger partial charge < -0.3 is 9.64 Å². The van der Waals surface area contributed by atoms with E-state index in [4.69, 9.17) is 4.74 Å². The van der Waals surface area contributed by atoms with E-state index in [-0.39, 0.29) is 27.9 Å². The molecule has 0 atom stereocenters. The number of amides is 1. The second kappa shape index (κ2) is 8.43. The van der Waals surface area contributed by atoms with Crippen LogP contribution < -0.4 is 4.72 Å². The maximum atomic E-state index is 13.5. The zero-order chi connectivity index (χ0) is 22.2. The van der Waals surface area contributed by atoms with Crippen LogP contribution in [0.4, 0.5) is 10.1 Å². The maximum Gasteiger partial charge on any atom is 0.340 e. The minimum absolute atomic E-state index is 0.0152. The third-order valence-electron chi connectivity index (χ3n) is 5.34. The van der Waals surface area contributed by atoms with Gasteiger partial charge in [-0.25, -0.2) is 17.6 Å². The summed E-state index contributed by atoms with van der Waals surface area (Å²) in [5.74, 6) is -1.39. The van der Waals surface area contributed by atoms with E-state index in [9.17, 15) is 22.4 Å². The SMILES string of the molecule is COC(=O)c1c(S(=O)(=O)Nc2cccc(F)c2)sc2c1CCN(C(=O)C1=CCCC1)C2. The molecule has 0 unspecified atom stereocenters. The van der Waals surface area contributed by atoms with E-state index in [0.29, 0.717) is 23.4 Å². The Bertz CT molecular complexity index is 1190. The molecule has 1 aliphatic heterocycles. The van der Waals surface area contributed by atoms with Crippen LogP contribution in [0, 0.1) is 5.82 Å². The summed E-state index contributed by atoms with van der Waals surface area (Å²) in [7, 11) is -2.99. The van der Waals surface area contributed by atoms with Gasteiger partial charge in [0.2, 0.25) is 5.91 Å². The quantitative estimate of drug-likeness (QED) is 0.684. The van der Waals surface area contributed by atoms with Gasteiger partial charge in [-0.2, -0.15) is 0 Å². The molecule has 1 N–H and O–H groups in total. The van der Waals surface area contributed by atoms with Crippen molar-refractivity contribution in [2.75, 3.05) is 18.4 Å². The highest BCUT2D eigenvalue weighted by atomic mass is 32.2. The Morgan fingerprint density at radius 1 is 1.26 bits per heavy atom. The molecule has 0 radical (unpaired) electrons. The van der Waals surface area contributed by atoms with Crippen molar-refractivity contribution in [1.82, 2.24) is 4.90 Å². The van der Waals surface area contributed by atoms with E-state index in [1.54, 1.807) is 4.90 Å². The molecule has 2 heterocycles. The number of carbonyl (C=O) groups excluding carboxylic acids is 2. The van der Waals surface area contributed by atoms with Crippen LogP contribution in [0.25, 0.3) is 0 Å². The second-order valence-corrected chi connectivity index (χ2v) is 10.4. The summed E-state index contributed by atoms with van der Waals surface area (Å²) in [4.78, 5) is 27.6. The van der Waals surface area contributed by atoms with Crippen LogP contribution in [-0.4, -0.2) is 38.8 Å². The first-order valence-corrected chi connectivity index (χ1v) is 12.1. The molecule has 7 nitrogen and oxygen atoms in total. The maximum absolute atomic E-state index is 13.5. The largest absolute Gasteiger partial charge is 0.465 e. The lowest BCUT2D eigenvalue weighted by atomic mass is 10.0. The van der Waals surface area contributed by atoms with Gasteiger partial charge in [0.15, 0.2) is 4.21 Å². The van der Waals surface area contributed by atoms with Gasteiger partial charge in [0.05, 0.1) is 24.9 Å². The molecule has 1 aromatic carbocycles. The number of sulfonamides is 1. The second-order valence-electron chi connectivity index (χ2n) is 7.37. The number of thiophene rings is 1. The minimum atomic E-state index is -4.18. The molecular weight excluding hydrogens is 443 g/mol. The van der Waals surface area contributed by atoms with Crippen molar-refractivity contribution < 1.29 is 27.1 Å². The molecular formula is C21H21FN2O5S2. The number of benzene rings is 1. The van der Waals surface area contributed by atoms with Gasteiger partial charge in [0.25, 0.3) is 10.0 Å². The number of rotatable bonds is 5. The summed E-state index contributed by atoms with van der Waals surface area (Å²) in [6.45, 7) is 0.621. The van der Waals surface area contributed by atoms with Crippen LogP contribution in [0.1, 0.15) is 40.1 Å². The molecule has 2 aromatic rings. The first-order chi connectivity index (χ1) is 14.8. The topological polar surface area (TPSA) is 92.8 Å². The molecule has 2 aliphatic rings. The number of allylic oxidation sites excluding steroid dienone is 1. The normalized spacial score (nSPS) is 15.9. The van der Waals surface area contributed by atoms with Crippen LogP contribution in [0.5, 0.6) is 0 Å². The molecule has 4 rings (SSSR count). The van der Waals surface area contributed by atoms with Gasteiger partial charge in [-0.1, -0.05) is 12.1 Å². The summed E-state index contributed by atoms with van der Waals surface area (Å²) in [6, 6.07) is 5.06. The molecule has 0 spiro atoms. The zero-order valence-corrected chi connectivity index (χ0v) is 18.4. The summed E-state index contributed by atoms with van der Waals surface area (Å²) in [5.41, 5.74) is 1.40. The standard InChI is InChI=1S/C21H21FN2O5S2/c1-29-20(26)18-16-9-10-24(19(25)13-5-2-3-6-13)12-17(16)30-21(18)31(27,28)23-15-8-4-7-14(22)11-15/h4-5,7-8,11,23H,2-3,6,9-10,12H2,1H3. The average Bonchev–Trinajstić information content (AvgIpc) is 3.40. The Kier molecular flexibility index (Phi) is 5.85. The molecule has 164 valence electrons. The van der Waals surface area contributed by atoms with Gasteiger partial charge in [0, 0.05) is 17.0 Å². The molecule has 0 saturated heterocycles. The summed E-state index contributed by atoms with van der Waals surface area (Å²) < 4.78 is 46.6. The van der Waals surface area contributed by atoms with Gasteiger partial charge in [-0.05, 0) is 49.4 Å². The predicted molar refractivity (Wildman–Crippen MR) is 114 cm³/mol. The Hall–Kier alpha value is -2.72. The third-order valence-corrected chi connectivity index (χ3v) is 8.45. The number of esters is 1. The van der Waals surface area contributed by atoms with E-state index < -0.39 is 21.8 Å². The van der Waals surface area contributed by atoms with Crippen molar-refractivity contribution in [3.63, 3.8) is 0 Å². The monoisotopic (exact) mass is 464 g/mol. The fourth-order valence-electron chi connectivity index (χ4n) is 3.87. The third kappa shape index (κ3) is 4.22. The van der Waals surface area contributed by atoms with Crippen molar-refractivity contribution in [2.45, 2.75) is 36.4 Å².